The molecule has 120 valence electrons. The number of sulfonamides is 1. The molecule has 1 atom stereocenters. The van der Waals surface area contributed by atoms with Gasteiger partial charge in [0.25, 0.3) is 0 Å². The van der Waals surface area contributed by atoms with Crippen LogP contribution < -0.4 is 10.0 Å². The number of carbonyl (C=O) groups excluding carboxylic acids is 1. The first-order valence-electron chi connectivity index (χ1n) is 7.06. The molecule has 1 saturated heterocycles. The zero-order chi connectivity index (χ0) is 16.6. The predicted molar refractivity (Wildman–Crippen MR) is 86.1 cm³/mol. The molecule has 1 unspecified atom stereocenters. The van der Waals surface area contributed by atoms with Crippen molar-refractivity contribution in [3.8, 4) is 11.3 Å². The van der Waals surface area contributed by atoms with Crippen LogP contribution in [0.3, 0.4) is 0 Å². The van der Waals surface area contributed by atoms with Crippen LogP contribution in [0.15, 0.2) is 36.5 Å². The van der Waals surface area contributed by atoms with Gasteiger partial charge in [-0.25, -0.2) is 23.5 Å². The molecule has 2 heterocycles. The van der Waals surface area contributed by atoms with Gasteiger partial charge in [-0.2, -0.15) is 0 Å². The van der Waals surface area contributed by atoms with Gasteiger partial charge in [-0.3, -0.25) is 4.79 Å². The average Bonchev–Trinajstić information content (AvgIpc) is 2.90. The van der Waals surface area contributed by atoms with Gasteiger partial charge in [0.1, 0.15) is 11.1 Å². The number of benzene rings is 1. The van der Waals surface area contributed by atoms with Gasteiger partial charge in [-0.05, 0) is 25.1 Å². The third-order valence-electron chi connectivity index (χ3n) is 3.78. The molecule has 0 saturated carbocycles. The summed E-state index contributed by atoms with van der Waals surface area (Å²) in [6, 6.07) is 9.04. The highest BCUT2D eigenvalue weighted by atomic mass is 32.2. The summed E-state index contributed by atoms with van der Waals surface area (Å²) in [4.78, 5) is 22.0. The van der Waals surface area contributed by atoms with Crippen molar-refractivity contribution in [3.05, 3.63) is 42.4 Å². The second-order valence-electron chi connectivity index (χ2n) is 5.46. The molecular weight excluding hydrogens is 316 g/mol. The summed E-state index contributed by atoms with van der Waals surface area (Å²) in [5, 5.41) is 4.30. The highest BCUT2D eigenvalue weighted by molar-refractivity contribution is 7.89. The Bertz CT molecular complexity index is 867. The van der Waals surface area contributed by atoms with E-state index >= 15 is 0 Å². The van der Waals surface area contributed by atoms with E-state index in [0.717, 1.165) is 11.3 Å². The third kappa shape index (κ3) is 3.22. The number of hydrogen-bond donors (Lipinski definition) is 1. The van der Waals surface area contributed by atoms with Crippen LogP contribution >= 0.6 is 0 Å². The second-order valence-corrected chi connectivity index (χ2v) is 7.30. The zero-order valence-corrected chi connectivity index (χ0v) is 13.3. The summed E-state index contributed by atoms with van der Waals surface area (Å²) >= 11 is 0. The monoisotopic (exact) mass is 332 g/mol. The lowest BCUT2D eigenvalue weighted by Crippen LogP contribution is -2.32. The first kappa shape index (κ1) is 15.6. The quantitative estimate of drug-likeness (QED) is 0.896. The molecule has 2 aromatic rings. The summed E-state index contributed by atoms with van der Waals surface area (Å²) in [5.74, 6) is 0.402. The van der Waals surface area contributed by atoms with Crippen molar-refractivity contribution in [2.75, 3.05) is 11.4 Å². The van der Waals surface area contributed by atoms with Gasteiger partial charge in [-0.15, -0.1) is 0 Å². The topological polar surface area (TPSA) is 106 Å². The largest absolute Gasteiger partial charge is 0.311 e. The Hall–Kier alpha value is -2.32. The number of aryl methyl sites for hydroxylation is 1. The smallest absolute Gasteiger partial charge is 0.228 e. The molecule has 0 aliphatic carbocycles. The molecule has 1 fully saturated rings. The maximum absolute atomic E-state index is 12.1. The minimum atomic E-state index is -3.73. The van der Waals surface area contributed by atoms with E-state index in [9.17, 15) is 13.2 Å². The molecule has 2 N–H and O–H groups in total. The molecule has 1 aromatic heterocycles. The van der Waals surface area contributed by atoms with E-state index < -0.39 is 15.3 Å². The van der Waals surface area contributed by atoms with Crippen LogP contribution in [-0.2, 0) is 14.8 Å². The molecule has 3 rings (SSSR count). The fraction of sp³-hybridized carbons (Fsp3) is 0.267. The first-order valence-corrected chi connectivity index (χ1v) is 8.67. The van der Waals surface area contributed by atoms with E-state index in [1.807, 2.05) is 12.1 Å². The van der Waals surface area contributed by atoms with Gasteiger partial charge in [0.05, 0.1) is 5.69 Å². The number of hydrogen-bond acceptors (Lipinski definition) is 5. The van der Waals surface area contributed by atoms with Crippen molar-refractivity contribution in [1.82, 2.24) is 9.97 Å². The second kappa shape index (κ2) is 5.71. The van der Waals surface area contributed by atoms with E-state index in [1.54, 1.807) is 31.3 Å². The van der Waals surface area contributed by atoms with Crippen LogP contribution in [0.5, 0.6) is 0 Å². The molecule has 1 aromatic carbocycles. The predicted octanol–water partition coefficient (Wildman–Crippen LogP) is 0.846. The number of anilines is 1. The minimum absolute atomic E-state index is 0.0733. The summed E-state index contributed by atoms with van der Waals surface area (Å²) in [6.07, 6.45) is 1.58. The van der Waals surface area contributed by atoms with Crippen molar-refractivity contribution in [1.29, 1.82) is 0 Å². The normalized spacial score (nSPS) is 18.4. The number of carbonyl (C=O) groups is 1. The van der Waals surface area contributed by atoms with Crippen LogP contribution in [0.2, 0.25) is 0 Å². The van der Waals surface area contributed by atoms with Gasteiger partial charge >= 0.3 is 0 Å². The summed E-state index contributed by atoms with van der Waals surface area (Å²) in [5.41, 5.74) is 2.21. The van der Waals surface area contributed by atoms with Gasteiger partial charge < -0.3 is 4.90 Å². The van der Waals surface area contributed by atoms with E-state index in [-0.39, 0.29) is 18.9 Å². The van der Waals surface area contributed by atoms with Crippen molar-refractivity contribution < 1.29 is 13.2 Å². The lowest BCUT2D eigenvalue weighted by Gasteiger charge is -2.17. The standard InChI is InChI=1S/C15H16N4O3S/c1-10-17-6-5-14(18-10)11-3-2-4-12(7-11)19-9-13(8-15(19)20)23(16,21)22/h2-7,13H,8-9H2,1H3,(H2,16,21,22). The Morgan fingerprint density at radius 3 is 2.74 bits per heavy atom. The molecule has 1 amide bonds. The Morgan fingerprint density at radius 2 is 2.09 bits per heavy atom. The number of amides is 1. The SMILES string of the molecule is Cc1nccc(-c2cccc(N3CC(S(N)(=O)=O)CC3=O)c2)n1. The van der Waals surface area contributed by atoms with E-state index in [1.165, 1.54) is 4.90 Å². The summed E-state index contributed by atoms with van der Waals surface area (Å²) < 4.78 is 22.9. The van der Waals surface area contributed by atoms with Gasteiger partial charge in [0, 0.05) is 30.4 Å². The highest BCUT2D eigenvalue weighted by Crippen LogP contribution is 2.28. The van der Waals surface area contributed by atoms with Crippen LogP contribution in [0, 0.1) is 6.92 Å². The van der Waals surface area contributed by atoms with Crippen molar-refractivity contribution in [2.24, 2.45) is 5.14 Å². The number of aromatic nitrogens is 2. The molecule has 0 radical (unpaired) electrons. The number of nitrogens with two attached hydrogens (primary N) is 1. The van der Waals surface area contributed by atoms with Crippen molar-refractivity contribution in [3.63, 3.8) is 0 Å². The van der Waals surface area contributed by atoms with Gasteiger partial charge in [0.2, 0.25) is 15.9 Å². The summed E-state index contributed by atoms with van der Waals surface area (Å²) in [7, 11) is -3.73. The van der Waals surface area contributed by atoms with Crippen LogP contribution in [-0.4, -0.2) is 36.1 Å². The number of primary sulfonamides is 1. The van der Waals surface area contributed by atoms with Crippen LogP contribution in [0.25, 0.3) is 11.3 Å². The Kier molecular flexibility index (Phi) is 3.87. The van der Waals surface area contributed by atoms with E-state index in [4.69, 9.17) is 5.14 Å². The fourth-order valence-electron chi connectivity index (χ4n) is 2.59. The molecule has 23 heavy (non-hydrogen) atoms. The molecule has 0 spiro atoms. The first-order chi connectivity index (χ1) is 10.8. The lowest BCUT2D eigenvalue weighted by atomic mass is 10.1. The molecule has 8 heteroatoms. The Morgan fingerprint density at radius 1 is 1.30 bits per heavy atom. The minimum Gasteiger partial charge on any atom is -0.311 e. The molecule has 1 aliphatic rings. The highest BCUT2D eigenvalue weighted by Gasteiger charge is 2.37. The molecule has 0 bridgehead atoms. The maximum atomic E-state index is 12.1. The van der Waals surface area contributed by atoms with Crippen LogP contribution in [0.1, 0.15) is 12.2 Å². The summed E-state index contributed by atoms with van der Waals surface area (Å²) in [6.45, 7) is 1.87. The Balaban J connectivity index is 1.93. The van der Waals surface area contributed by atoms with Gasteiger partial charge in [0.15, 0.2) is 0 Å². The van der Waals surface area contributed by atoms with Gasteiger partial charge in [-0.1, -0.05) is 12.1 Å². The number of rotatable bonds is 3. The third-order valence-corrected chi connectivity index (χ3v) is 5.03. The van der Waals surface area contributed by atoms with Crippen LogP contribution in [0.4, 0.5) is 5.69 Å². The maximum Gasteiger partial charge on any atom is 0.228 e. The molecular formula is C15H16N4O3S. The fourth-order valence-corrected chi connectivity index (χ4v) is 3.33. The van der Waals surface area contributed by atoms with E-state index in [0.29, 0.717) is 11.5 Å². The lowest BCUT2D eigenvalue weighted by molar-refractivity contribution is -0.117. The Labute approximate surface area is 134 Å². The average molecular weight is 332 g/mol. The zero-order valence-electron chi connectivity index (χ0n) is 12.5. The molecule has 1 aliphatic heterocycles. The number of nitrogens with zero attached hydrogens (tertiary/aromatic N) is 3. The molecule has 7 nitrogen and oxygen atoms in total. The van der Waals surface area contributed by atoms with Crippen molar-refractivity contribution in [2.45, 2.75) is 18.6 Å². The van der Waals surface area contributed by atoms with Crippen molar-refractivity contribution >= 4 is 21.6 Å². The van der Waals surface area contributed by atoms with E-state index in [2.05, 4.69) is 9.97 Å².